The third kappa shape index (κ3) is 4.39. The van der Waals surface area contributed by atoms with Gasteiger partial charge < -0.3 is 14.8 Å². The Balaban J connectivity index is 1.43. The van der Waals surface area contributed by atoms with Crippen molar-refractivity contribution < 1.29 is 9.47 Å². The molecule has 0 atom stereocenters. The highest BCUT2D eigenvalue weighted by molar-refractivity contribution is 5.90. The summed E-state index contributed by atoms with van der Waals surface area (Å²) in [5.74, 6) is 0.933. The second kappa shape index (κ2) is 8.67. The lowest BCUT2D eigenvalue weighted by Crippen LogP contribution is -2.46. The number of ether oxygens (including phenoxy) is 2. The van der Waals surface area contributed by atoms with Gasteiger partial charge in [-0.05, 0) is 49.5 Å². The molecule has 4 rings (SSSR count). The summed E-state index contributed by atoms with van der Waals surface area (Å²) in [6.45, 7) is 3.92. The maximum Gasteiger partial charge on any atom is 0.137 e. The van der Waals surface area contributed by atoms with Crippen molar-refractivity contribution >= 4 is 22.8 Å². The molecular weight excluding hydrogens is 340 g/mol. The Labute approximate surface area is 160 Å². The summed E-state index contributed by atoms with van der Waals surface area (Å²) >= 11 is 0. The van der Waals surface area contributed by atoms with Gasteiger partial charge in [0.05, 0.1) is 32.1 Å². The number of fused-ring (bicyclic) bond motifs is 1. The van der Waals surface area contributed by atoms with Crippen LogP contribution in [0.5, 0.6) is 0 Å². The second-order valence-electron chi connectivity index (χ2n) is 7.34. The van der Waals surface area contributed by atoms with Gasteiger partial charge in [-0.1, -0.05) is 6.07 Å². The lowest BCUT2D eigenvalue weighted by Gasteiger charge is -2.39. The van der Waals surface area contributed by atoms with Gasteiger partial charge in [0.25, 0.3) is 0 Å². The maximum atomic E-state index is 5.48. The Kier molecular flexibility index (Phi) is 5.84. The Morgan fingerprint density at radius 1 is 1.15 bits per heavy atom. The van der Waals surface area contributed by atoms with E-state index in [2.05, 4.69) is 26.3 Å². The molecule has 2 fully saturated rings. The fraction of sp³-hybridized carbons (Fsp3) is 0.524. The van der Waals surface area contributed by atoms with Crippen molar-refractivity contribution in [3.8, 4) is 0 Å². The molecule has 0 amide bonds. The Hall–Kier alpha value is -2.18. The Morgan fingerprint density at radius 3 is 2.74 bits per heavy atom. The number of methoxy groups -OCH3 is 1. The third-order valence-corrected chi connectivity index (χ3v) is 5.66. The van der Waals surface area contributed by atoms with Crippen LogP contribution in [0.4, 0.5) is 5.82 Å². The molecule has 0 spiro atoms. The molecule has 1 aliphatic carbocycles. The molecule has 1 aromatic heterocycles. The van der Waals surface area contributed by atoms with Crippen LogP contribution >= 0.6 is 0 Å². The molecule has 1 N–H and O–H groups in total. The number of aromatic nitrogens is 2. The Morgan fingerprint density at radius 2 is 1.96 bits per heavy atom. The van der Waals surface area contributed by atoms with E-state index in [9.17, 15) is 0 Å². The summed E-state index contributed by atoms with van der Waals surface area (Å²) in [5.41, 5.74) is 2.04. The van der Waals surface area contributed by atoms with Crippen LogP contribution in [0.25, 0.3) is 17.0 Å². The third-order valence-electron chi connectivity index (χ3n) is 5.66. The number of nitrogens with one attached hydrogen (secondary N) is 1. The SMILES string of the molecule is COC=Cc1ccc2ncnc(NC3CCC(N4CCOCC4)CC3)c2c1. The molecule has 0 bridgehead atoms. The normalized spacial score (nSPS) is 24.3. The first-order valence-corrected chi connectivity index (χ1v) is 9.86. The van der Waals surface area contributed by atoms with Crippen molar-refractivity contribution in [3.63, 3.8) is 0 Å². The topological polar surface area (TPSA) is 59.5 Å². The number of hydrogen-bond donors (Lipinski definition) is 1. The van der Waals surface area contributed by atoms with Gasteiger partial charge in [0, 0.05) is 30.6 Å². The predicted molar refractivity (Wildman–Crippen MR) is 108 cm³/mol. The monoisotopic (exact) mass is 368 g/mol. The van der Waals surface area contributed by atoms with Crippen molar-refractivity contribution in [1.29, 1.82) is 0 Å². The molecule has 6 nitrogen and oxygen atoms in total. The molecule has 2 aliphatic rings. The summed E-state index contributed by atoms with van der Waals surface area (Å²) in [4.78, 5) is 11.5. The van der Waals surface area contributed by atoms with E-state index in [1.165, 1.54) is 25.7 Å². The first-order chi connectivity index (χ1) is 13.3. The summed E-state index contributed by atoms with van der Waals surface area (Å²) in [7, 11) is 1.65. The predicted octanol–water partition coefficient (Wildman–Crippen LogP) is 3.30. The lowest BCUT2D eigenvalue weighted by atomic mass is 9.90. The highest BCUT2D eigenvalue weighted by Gasteiger charge is 2.27. The van der Waals surface area contributed by atoms with Crippen LogP contribution < -0.4 is 5.32 Å². The summed E-state index contributed by atoms with van der Waals surface area (Å²) in [5, 5.41) is 4.74. The molecule has 1 saturated carbocycles. The zero-order valence-corrected chi connectivity index (χ0v) is 15.9. The van der Waals surface area contributed by atoms with Gasteiger partial charge in [0.15, 0.2) is 0 Å². The molecule has 0 radical (unpaired) electrons. The van der Waals surface area contributed by atoms with Gasteiger partial charge in [-0.15, -0.1) is 0 Å². The van der Waals surface area contributed by atoms with Gasteiger partial charge >= 0.3 is 0 Å². The Bertz CT molecular complexity index is 781. The summed E-state index contributed by atoms with van der Waals surface area (Å²) in [6.07, 6.45) is 10.1. The van der Waals surface area contributed by atoms with E-state index in [1.807, 2.05) is 18.2 Å². The van der Waals surface area contributed by atoms with Gasteiger partial charge in [-0.25, -0.2) is 9.97 Å². The standard InChI is InChI=1S/C21H28N4O2/c1-26-11-8-16-2-7-20-19(14-16)21(23-15-22-20)24-17-3-5-18(6-4-17)25-9-12-27-13-10-25/h2,7-8,11,14-15,17-18H,3-6,9-10,12-13H2,1H3,(H,22,23,24). The van der Waals surface area contributed by atoms with E-state index >= 15 is 0 Å². The number of nitrogens with zero attached hydrogens (tertiary/aromatic N) is 3. The van der Waals surface area contributed by atoms with Crippen molar-refractivity contribution in [2.45, 2.75) is 37.8 Å². The zero-order chi connectivity index (χ0) is 18.5. The molecule has 1 saturated heterocycles. The first-order valence-electron chi connectivity index (χ1n) is 9.86. The van der Waals surface area contributed by atoms with Crippen molar-refractivity contribution in [2.75, 3.05) is 38.7 Å². The molecule has 2 heterocycles. The molecule has 0 unspecified atom stereocenters. The second-order valence-corrected chi connectivity index (χ2v) is 7.34. The van der Waals surface area contributed by atoms with E-state index in [-0.39, 0.29) is 0 Å². The molecule has 1 aromatic carbocycles. The van der Waals surface area contributed by atoms with E-state index in [0.717, 1.165) is 48.6 Å². The smallest absolute Gasteiger partial charge is 0.137 e. The van der Waals surface area contributed by atoms with Crippen LogP contribution in [0.15, 0.2) is 30.8 Å². The van der Waals surface area contributed by atoms with E-state index in [1.54, 1.807) is 19.7 Å². The van der Waals surface area contributed by atoms with Crippen LogP contribution in [0.2, 0.25) is 0 Å². The molecule has 1 aliphatic heterocycles. The van der Waals surface area contributed by atoms with E-state index < -0.39 is 0 Å². The number of morpholine rings is 1. The van der Waals surface area contributed by atoms with Crippen LogP contribution in [-0.4, -0.2) is 60.4 Å². The highest BCUT2D eigenvalue weighted by atomic mass is 16.5. The van der Waals surface area contributed by atoms with Crippen LogP contribution in [0, 0.1) is 0 Å². The molecule has 2 aromatic rings. The fourth-order valence-corrected chi connectivity index (χ4v) is 4.16. The molecular formula is C21H28N4O2. The number of hydrogen-bond acceptors (Lipinski definition) is 6. The summed E-state index contributed by atoms with van der Waals surface area (Å²) in [6, 6.07) is 7.38. The minimum Gasteiger partial charge on any atom is -0.504 e. The largest absolute Gasteiger partial charge is 0.504 e. The van der Waals surface area contributed by atoms with Gasteiger partial charge in [0.2, 0.25) is 0 Å². The average molecular weight is 368 g/mol. The number of rotatable bonds is 5. The van der Waals surface area contributed by atoms with Gasteiger partial charge in [0.1, 0.15) is 12.1 Å². The quantitative estimate of drug-likeness (QED) is 0.817. The molecule has 144 valence electrons. The van der Waals surface area contributed by atoms with Crippen molar-refractivity contribution in [1.82, 2.24) is 14.9 Å². The fourth-order valence-electron chi connectivity index (χ4n) is 4.16. The van der Waals surface area contributed by atoms with Gasteiger partial charge in [-0.3, -0.25) is 4.90 Å². The maximum absolute atomic E-state index is 5.48. The van der Waals surface area contributed by atoms with Crippen molar-refractivity contribution in [3.05, 3.63) is 36.4 Å². The zero-order valence-electron chi connectivity index (χ0n) is 15.9. The van der Waals surface area contributed by atoms with Crippen LogP contribution in [0.1, 0.15) is 31.2 Å². The molecule has 6 heteroatoms. The minimum atomic E-state index is 0.471. The highest BCUT2D eigenvalue weighted by Crippen LogP contribution is 2.28. The molecule has 27 heavy (non-hydrogen) atoms. The van der Waals surface area contributed by atoms with Gasteiger partial charge in [-0.2, -0.15) is 0 Å². The number of benzene rings is 1. The number of anilines is 1. The van der Waals surface area contributed by atoms with Crippen LogP contribution in [-0.2, 0) is 9.47 Å². The summed E-state index contributed by atoms with van der Waals surface area (Å²) < 4.78 is 10.5. The van der Waals surface area contributed by atoms with E-state index in [4.69, 9.17) is 9.47 Å². The average Bonchev–Trinajstić information content (AvgIpc) is 2.74. The first kappa shape index (κ1) is 18.2. The van der Waals surface area contributed by atoms with E-state index in [0.29, 0.717) is 12.1 Å². The minimum absolute atomic E-state index is 0.471. The lowest BCUT2D eigenvalue weighted by molar-refractivity contribution is 0.00791. The van der Waals surface area contributed by atoms with Crippen LogP contribution in [0.3, 0.4) is 0 Å². The van der Waals surface area contributed by atoms with Crippen molar-refractivity contribution in [2.24, 2.45) is 0 Å².